The second kappa shape index (κ2) is 4.58. The highest BCUT2D eigenvalue weighted by Crippen LogP contribution is 2.23. The van der Waals surface area contributed by atoms with Crippen LogP contribution in [0.25, 0.3) is 0 Å². The van der Waals surface area contributed by atoms with Crippen LogP contribution in [-0.2, 0) is 10.0 Å². The highest BCUT2D eigenvalue weighted by atomic mass is 32.2. The Morgan fingerprint density at radius 3 is 2.61 bits per heavy atom. The van der Waals surface area contributed by atoms with Gasteiger partial charge in [-0.1, -0.05) is 6.07 Å². The van der Waals surface area contributed by atoms with Crippen LogP contribution in [-0.4, -0.2) is 20.5 Å². The van der Waals surface area contributed by atoms with Crippen molar-refractivity contribution in [1.82, 2.24) is 5.32 Å². The summed E-state index contributed by atoms with van der Waals surface area (Å²) in [6, 6.07) is 4.50. The molecule has 1 fully saturated rings. The minimum atomic E-state index is -3.77. The van der Waals surface area contributed by atoms with Gasteiger partial charge in [0.15, 0.2) is 0 Å². The van der Waals surface area contributed by atoms with E-state index in [2.05, 4.69) is 10.6 Å². The Bertz CT molecular complexity index is 579. The van der Waals surface area contributed by atoms with Crippen LogP contribution in [0.2, 0.25) is 0 Å². The molecule has 1 saturated carbocycles. The first-order chi connectivity index (χ1) is 8.38. The monoisotopic (exact) mass is 269 g/mol. The number of nitrogens with two attached hydrogens (primary N) is 1. The molecule has 4 N–H and O–H groups in total. The molecule has 6 nitrogen and oxygen atoms in total. The number of carbonyl (C=O) groups excluding carboxylic acids is 1. The van der Waals surface area contributed by atoms with E-state index in [4.69, 9.17) is 5.14 Å². The van der Waals surface area contributed by atoms with Crippen molar-refractivity contribution in [3.63, 3.8) is 0 Å². The zero-order valence-electron chi connectivity index (χ0n) is 9.93. The minimum Gasteiger partial charge on any atom is -0.335 e. The second-order valence-corrected chi connectivity index (χ2v) is 5.88. The molecular formula is C11H15N3O3S. The lowest BCUT2D eigenvalue weighted by Crippen LogP contribution is -2.30. The van der Waals surface area contributed by atoms with Crippen molar-refractivity contribution in [2.45, 2.75) is 30.7 Å². The van der Waals surface area contributed by atoms with Crippen molar-refractivity contribution < 1.29 is 13.2 Å². The van der Waals surface area contributed by atoms with Gasteiger partial charge in [-0.2, -0.15) is 0 Å². The Morgan fingerprint density at radius 1 is 1.39 bits per heavy atom. The van der Waals surface area contributed by atoms with Crippen molar-refractivity contribution in [2.24, 2.45) is 5.14 Å². The lowest BCUT2D eigenvalue weighted by Gasteiger charge is -2.11. The fraction of sp³-hybridized carbons (Fsp3) is 0.364. The fourth-order valence-corrected chi connectivity index (χ4v) is 2.43. The topological polar surface area (TPSA) is 101 Å². The number of sulfonamides is 1. The van der Waals surface area contributed by atoms with E-state index in [1.54, 1.807) is 19.1 Å². The number of hydrogen-bond donors (Lipinski definition) is 3. The zero-order valence-corrected chi connectivity index (χ0v) is 10.8. The van der Waals surface area contributed by atoms with Crippen molar-refractivity contribution >= 4 is 21.7 Å². The highest BCUT2D eigenvalue weighted by molar-refractivity contribution is 7.89. The first kappa shape index (κ1) is 12.8. The Hall–Kier alpha value is -1.60. The second-order valence-electron chi connectivity index (χ2n) is 4.35. The maximum absolute atomic E-state index is 11.6. The predicted molar refractivity (Wildman–Crippen MR) is 67.7 cm³/mol. The Kier molecular flexibility index (Phi) is 3.27. The predicted octanol–water partition coefficient (Wildman–Crippen LogP) is 0.926. The van der Waals surface area contributed by atoms with Gasteiger partial charge in [0.2, 0.25) is 10.0 Å². The third kappa shape index (κ3) is 2.99. The van der Waals surface area contributed by atoms with Crippen LogP contribution in [0.15, 0.2) is 23.1 Å². The van der Waals surface area contributed by atoms with Crippen molar-refractivity contribution in [1.29, 1.82) is 0 Å². The zero-order chi connectivity index (χ0) is 13.3. The number of amides is 2. The highest BCUT2D eigenvalue weighted by Gasteiger charge is 2.23. The molecule has 0 atom stereocenters. The van der Waals surface area contributed by atoms with Gasteiger partial charge in [-0.25, -0.2) is 18.4 Å². The van der Waals surface area contributed by atoms with Crippen LogP contribution < -0.4 is 15.8 Å². The first-order valence-electron chi connectivity index (χ1n) is 5.58. The Balaban J connectivity index is 2.20. The van der Waals surface area contributed by atoms with E-state index >= 15 is 0 Å². The van der Waals surface area contributed by atoms with Crippen molar-refractivity contribution in [2.75, 3.05) is 5.32 Å². The Labute approximate surface area is 106 Å². The summed E-state index contributed by atoms with van der Waals surface area (Å²) in [6.45, 7) is 1.60. The summed E-state index contributed by atoms with van der Waals surface area (Å²) < 4.78 is 22.7. The lowest BCUT2D eigenvalue weighted by molar-refractivity contribution is 0.251. The van der Waals surface area contributed by atoms with Gasteiger partial charge in [-0.05, 0) is 37.5 Å². The molecule has 0 saturated heterocycles. The van der Waals surface area contributed by atoms with Gasteiger partial charge in [0, 0.05) is 11.7 Å². The summed E-state index contributed by atoms with van der Waals surface area (Å²) in [5.41, 5.74) is 0.880. The number of hydrogen-bond acceptors (Lipinski definition) is 3. The fourth-order valence-electron chi connectivity index (χ4n) is 1.63. The molecule has 2 amide bonds. The van der Waals surface area contributed by atoms with E-state index in [1.165, 1.54) is 6.07 Å². The summed E-state index contributed by atoms with van der Waals surface area (Å²) >= 11 is 0. The van der Waals surface area contributed by atoms with Crippen LogP contribution in [0, 0.1) is 6.92 Å². The summed E-state index contributed by atoms with van der Waals surface area (Å²) in [5.74, 6) is 0. The maximum atomic E-state index is 11.6. The van der Waals surface area contributed by atoms with E-state index < -0.39 is 10.0 Å². The normalized spacial score (nSPS) is 15.2. The molecule has 0 spiro atoms. The molecule has 18 heavy (non-hydrogen) atoms. The van der Waals surface area contributed by atoms with E-state index in [-0.39, 0.29) is 17.0 Å². The van der Waals surface area contributed by atoms with Gasteiger partial charge >= 0.3 is 6.03 Å². The number of nitrogens with one attached hydrogen (secondary N) is 2. The molecule has 2 rings (SSSR count). The molecule has 1 aliphatic rings. The van der Waals surface area contributed by atoms with Crippen LogP contribution >= 0.6 is 0 Å². The molecule has 0 radical (unpaired) electrons. The number of rotatable bonds is 3. The molecule has 7 heteroatoms. The largest absolute Gasteiger partial charge is 0.335 e. The lowest BCUT2D eigenvalue weighted by atomic mass is 10.2. The molecule has 1 aliphatic carbocycles. The van der Waals surface area contributed by atoms with Gasteiger partial charge in [-0.15, -0.1) is 0 Å². The van der Waals surface area contributed by atoms with Gasteiger partial charge in [0.05, 0.1) is 4.90 Å². The standard InChI is InChI=1S/C11H15N3O3S/c1-7-9(14-11(15)13-8-5-6-8)3-2-4-10(7)18(12,16)17/h2-4,8H,5-6H2,1H3,(H2,12,16,17)(H2,13,14,15). The maximum Gasteiger partial charge on any atom is 0.319 e. The van der Waals surface area contributed by atoms with E-state index in [1.807, 2.05) is 0 Å². The van der Waals surface area contributed by atoms with Crippen LogP contribution in [0.4, 0.5) is 10.5 Å². The van der Waals surface area contributed by atoms with Crippen molar-refractivity contribution in [3.8, 4) is 0 Å². The van der Waals surface area contributed by atoms with E-state index in [0.717, 1.165) is 12.8 Å². The molecule has 0 heterocycles. The molecule has 1 aromatic rings. The quantitative estimate of drug-likeness (QED) is 0.760. The Morgan fingerprint density at radius 2 is 2.06 bits per heavy atom. The summed E-state index contributed by atoms with van der Waals surface area (Å²) in [6.07, 6.45) is 1.98. The number of benzene rings is 1. The van der Waals surface area contributed by atoms with E-state index in [0.29, 0.717) is 11.3 Å². The molecule has 1 aromatic carbocycles. The molecule has 0 bridgehead atoms. The van der Waals surface area contributed by atoms with Gasteiger partial charge in [0.1, 0.15) is 0 Å². The summed E-state index contributed by atoms with van der Waals surface area (Å²) in [5, 5.41) is 10.5. The van der Waals surface area contributed by atoms with Crippen molar-refractivity contribution in [3.05, 3.63) is 23.8 Å². The molecule has 0 aliphatic heterocycles. The van der Waals surface area contributed by atoms with Crippen LogP contribution in [0.1, 0.15) is 18.4 Å². The summed E-state index contributed by atoms with van der Waals surface area (Å²) in [7, 11) is -3.77. The third-order valence-corrected chi connectivity index (χ3v) is 3.81. The number of anilines is 1. The average Bonchev–Trinajstić information content (AvgIpc) is 3.03. The minimum absolute atomic E-state index is 0.0201. The SMILES string of the molecule is Cc1c(NC(=O)NC2CC2)cccc1S(N)(=O)=O. The molecule has 0 aromatic heterocycles. The van der Waals surface area contributed by atoms with Gasteiger partial charge in [0.25, 0.3) is 0 Å². The smallest absolute Gasteiger partial charge is 0.319 e. The summed E-state index contributed by atoms with van der Waals surface area (Å²) in [4.78, 5) is 11.6. The average molecular weight is 269 g/mol. The van der Waals surface area contributed by atoms with Crippen LogP contribution in [0.5, 0.6) is 0 Å². The van der Waals surface area contributed by atoms with Crippen LogP contribution in [0.3, 0.4) is 0 Å². The first-order valence-corrected chi connectivity index (χ1v) is 7.12. The number of urea groups is 1. The third-order valence-electron chi connectivity index (χ3n) is 2.75. The van der Waals surface area contributed by atoms with Gasteiger partial charge in [-0.3, -0.25) is 0 Å². The molecule has 98 valence electrons. The number of primary sulfonamides is 1. The number of carbonyl (C=O) groups is 1. The van der Waals surface area contributed by atoms with Gasteiger partial charge < -0.3 is 10.6 Å². The van der Waals surface area contributed by atoms with E-state index in [9.17, 15) is 13.2 Å². The molecule has 0 unspecified atom stereocenters. The molecular weight excluding hydrogens is 254 g/mol.